The highest BCUT2D eigenvalue weighted by Crippen LogP contribution is 2.58. The van der Waals surface area contributed by atoms with Crippen LogP contribution in [0.2, 0.25) is 0 Å². The highest BCUT2D eigenvalue weighted by molar-refractivity contribution is 7.84. The van der Waals surface area contributed by atoms with Crippen LogP contribution >= 0.6 is 0 Å². The molecule has 98 valence electrons. The summed E-state index contributed by atoms with van der Waals surface area (Å²) in [6.07, 6.45) is 9.17. The van der Waals surface area contributed by atoms with Gasteiger partial charge in [-0.05, 0) is 56.3 Å². The van der Waals surface area contributed by atoms with Crippen molar-refractivity contribution in [3.05, 3.63) is 0 Å². The Hall–Kier alpha value is 0.110. The predicted octanol–water partition coefficient (Wildman–Crippen LogP) is 2.17. The number of hydrogen-bond donors (Lipinski definition) is 1. The third kappa shape index (κ3) is 2.10. The van der Waals surface area contributed by atoms with Crippen LogP contribution in [0.3, 0.4) is 0 Å². The van der Waals surface area contributed by atoms with Crippen LogP contribution in [0.1, 0.15) is 39.0 Å². The van der Waals surface area contributed by atoms with Crippen LogP contribution in [0, 0.1) is 23.7 Å². The van der Waals surface area contributed by atoms with Gasteiger partial charge in [0.15, 0.2) is 0 Å². The Kier molecular flexibility index (Phi) is 3.33. The Morgan fingerprint density at radius 3 is 2.76 bits per heavy atom. The molecule has 0 spiro atoms. The standard InChI is InChI=1S/C14H25NOS/c1-9(17(2)16)8-15-14-7-10-6-13(14)12-5-3-4-11(10)12/h9-15H,3-8H2,1-2H3. The van der Waals surface area contributed by atoms with Crippen molar-refractivity contribution in [3.8, 4) is 0 Å². The van der Waals surface area contributed by atoms with Crippen LogP contribution < -0.4 is 5.32 Å². The van der Waals surface area contributed by atoms with E-state index in [9.17, 15) is 4.21 Å². The summed E-state index contributed by atoms with van der Waals surface area (Å²) in [4.78, 5) is 0. The Bertz CT molecular complexity index is 319. The zero-order valence-electron chi connectivity index (χ0n) is 11.0. The Morgan fingerprint density at radius 1 is 1.24 bits per heavy atom. The molecule has 0 heterocycles. The molecule has 3 aliphatic carbocycles. The molecule has 3 fully saturated rings. The molecule has 0 saturated heterocycles. The minimum absolute atomic E-state index is 0.300. The fraction of sp³-hybridized carbons (Fsp3) is 1.00. The number of hydrogen-bond acceptors (Lipinski definition) is 2. The second-order valence-corrected chi connectivity index (χ2v) is 8.28. The van der Waals surface area contributed by atoms with Crippen LogP contribution in [-0.4, -0.2) is 28.3 Å². The molecule has 0 radical (unpaired) electrons. The first-order chi connectivity index (χ1) is 8.16. The first-order valence-corrected chi connectivity index (χ1v) is 8.84. The summed E-state index contributed by atoms with van der Waals surface area (Å²) < 4.78 is 11.4. The lowest BCUT2D eigenvalue weighted by Crippen LogP contribution is -2.42. The van der Waals surface area contributed by atoms with Gasteiger partial charge in [-0.25, -0.2) is 0 Å². The van der Waals surface area contributed by atoms with Gasteiger partial charge in [-0.3, -0.25) is 4.21 Å². The molecule has 2 bridgehead atoms. The van der Waals surface area contributed by atoms with Crippen LogP contribution in [0.15, 0.2) is 0 Å². The predicted molar refractivity (Wildman–Crippen MR) is 72.4 cm³/mol. The normalized spacial score (nSPS) is 47.1. The maximum absolute atomic E-state index is 11.4. The molecule has 3 aliphatic rings. The number of rotatable bonds is 4. The van der Waals surface area contributed by atoms with Crippen LogP contribution in [0.5, 0.6) is 0 Å². The zero-order valence-corrected chi connectivity index (χ0v) is 11.8. The van der Waals surface area contributed by atoms with Crippen molar-refractivity contribution in [1.82, 2.24) is 5.32 Å². The van der Waals surface area contributed by atoms with Gasteiger partial charge in [0.2, 0.25) is 0 Å². The SMILES string of the molecule is CC(CNC1CC2CC1C1CCCC21)S(C)=O. The maximum Gasteiger partial charge on any atom is 0.0441 e. The monoisotopic (exact) mass is 255 g/mol. The van der Waals surface area contributed by atoms with E-state index in [0.29, 0.717) is 5.25 Å². The van der Waals surface area contributed by atoms with Crippen LogP contribution in [0.25, 0.3) is 0 Å². The van der Waals surface area contributed by atoms with Crippen molar-refractivity contribution in [2.45, 2.75) is 50.3 Å². The number of nitrogens with one attached hydrogen (secondary N) is 1. The molecule has 0 aromatic carbocycles. The summed E-state index contributed by atoms with van der Waals surface area (Å²) in [5.41, 5.74) is 0. The van der Waals surface area contributed by atoms with Gasteiger partial charge in [0.25, 0.3) is 0 Å². The fourth-order valence-corrected chi connectivity index (χ4v) is 5.07. The summed E-state index contributed by atoms with van der Waals surface area (Å²) in [5, 5.41) is 4.01. The third-order valence-corrected chi connectivity index (χ3v) is 6.96. The van der Waals surface area contributed by atoms with Crippen molar-refractivity contribution < 1.29 is 4.21 Å². The summed E-state index contributed by atoms with van der Waals surface area (Å²) >= 11 is 0. The van der Waals surface area contributed by atoms with Gasteiger partial charge < -0.3 is 5.32 Å². The molecule has 17 heavy (non-hydrogen) atoms. The summed E-state index contributed by atoms with van der Waals surface area (Å²) in [6.45, 7) is 3.03. The molecule has 3 heteroatoms. The minimum atomic E-state index is -0.680. The second kappa shape index (κ2) is 4.65. The first-order valence-electron chi connectivity index (χ1n) is 7.22. The van der Waals surface area contributed by atoms with Crippen molar-refractivity contribution in [1.29, 1.82) is 0 Å². The molecule has 7 atom stereocenters. The Morgan fingerprint density at radius 2 is 2.00 bits per heavy atom. The quantitative estimate of drug-likeness (QED) is 0.834. The summed E-state index contributed by atoms with van der Waals surface area (Å²) in [5.74, 6) is 4.09. The largest absolute Gasteiger partial charge is 0.313 e. The molecular formula is C14H25NOS. The highest BCUT2D eigenvalue weighted by Gasteiger charge is 2.53. The lowest BCUT2D eigenvalue weighted by Gasteiger charge is -2.32. The van der Waals surface area contributed by atoms with Gasteiger partial charge in [-0.2, -0.15) is 0 Å². The van der Waals surface area contributed by atoms with Crippen molar-refractivity contribution >= 4 is 10.8 Å². The van der Waals surface area contributed by atoms with Gasteiger partial charge in [-0.15, -0.1) is 0 Å². The minimum Gasteiger partial charge on any atom is -0.313 e. The maximum atomic E-state index is 11.4. The van der Waals surface area contributed by atoms with Gasteiger partial charge in [0.05, 0.1) is 0 Å². The smallest absolute Gasteiger partial charge is 0.0441 e. The zero-order chi connectivity index (χ0) is 12.0. The lowest BCUT2D eigenvalue weighted by atomic mass is 9.79. The molecule has 2 nitrogen and oxygen atoms in total. The molecule has 3 saturated carbocycles. The molecular weight excluding hydrogens is 230 g/mol. The van der Waals surface area contributed by atoms with Crippen molar-refractivity contribution in [2.75, 3.05) is 12.8 Å². The van der Waals surface area contributed by atoms with E-state index in [1.54, 1.807) is 0 Å². The third-order valence-electron chi connectivity index (χ3n) is 5.66. The molecule has 3 rings (SSSR count). The van der Waals surface area contributed by atoms with E-state index in [4.69, 9.17) is 0 Å². The average molecular weight is 255 g/mol. The Balaban J connectivity index is 1.55. The topological polar surface area (TPSA) is 29.1 Å². The van der Waals surface area contributed by atoms with E-state index in [2.05, 4.69) is 12.2 Å². The van der Waals surface area contributed by atoms with Crippen molar-refractivity contribution in [3.63, 3.8) is 0 Å². The van der Waals surface area contributed by atoms with Gasteiger partial charge in [0, 0.05) is 34.9 Å². The first kappa shape index (κ1) is 12.2. The van der Waals surface area contributed by atoms with E-state index in [-0.39, 0.29) is 0 Å². The molecule has 0 aromatic heterocycles. The van der Waals surface area contributed by atoms with Gasteiger partial charge >= 0.3 is 0 Å². The second-order valence-electron chi connectivity index (χ2n) is 6.48. The van der Waals surface area contributed by atoms with E-state index in [0.717, 1.165) is 36.3 Å². The summed E-state index contributed by atoms with van der Waals surface area (Å²) in [7, 11) is -0.680. The van der Waals surface area contributed by atoms with E-state index < -0.39 is 10.8 Å². The Labute approximate surface area is 107 Å². The summed E-state index contributed by atoms with van der Waals surface area (Å²) in [6, 6.07) is 0.741. The van der Waals surface area contributed by atoms with E-state index >= 15 is 0 Å². The van der Waals surface area contributed by atoms with Crippen LogP contribution in [-0.2, 0) is 10.8 Å². The molecule has 7 unspecified atom stereocenters. The van der Waals surface area contributed by atoms with Gasteiger partial charge in [0.1, 0.15) is 0 Å². The van der Waals surface area contributed by atoms with Crippen LogP contribution in [0.4, 0.5) is 0 Å². The number of fused-ring (bicyclic) bond motifs is 5. The van der Waals surface area contributed by atoms with E-state index in [1.807, 2.05) is 6.26 Å². The average Bonchev–Trinajstić information content (AvgIpc) is 2.96. The fourth-order valence-electron chi connectivity index (χ4n) is 4.74. The van der Waals surface area contributed by atoms with Gasteiger partial charge in [-0.1, -0.05) is 6.42 Å². The van der Waals surface area contributed by atoms with Crippen molar-refractivity contribution in [2.24, 2.45) is 23.7 Å². The molecule has 0 amide bonds. The molecule has 0 aromatic rings. The lowest BCUT2D eigenvalue weighted by molar-refractivity contribution is 0.209. The van der Waals surface area contributed by atoms with E-state index in [1.165, 1.54) is 32.1 Å². The highest BCUT2D eigenvalue weighted by atomic mass is 32.2. The molecule has 0 aliphatic heterocycles. The molecule has 1 N–H and O–H groups in total.